The predicted octanol–water partition coefficient (Wildman–Crippen LogP) is 1.78. The number of carbonyl (C=O) groups excluding carboxylic acids is 1. The summed E-state index contributed by atoms with van der Waals surface area (Å²) in [5, 5.41) is 15.9. The Morgan fingerprint density at radius 1 is 1.25 bits per heavy atom. The lowest BCUT2D eigenvalue weighted by Gasteiger charge is -2.28. The van der Waals surface area contributed by atoms with Crippen molar-refractivity contribution in [2.45, 2.75) is 38.8 Å². The summed E-state index contributed by atoms with van der Waals surface area (Å²) in [6, 6.07) is 0.317. The summed E-state index contributed by atoms with van der Waals surface area (Å²) < 4.78 is 9.39. The first kappa shape index (κ1) is 24.0. The quantitative estimate of drug-likeness (QED) is 0.474. The Labute approximate surface area is 210 Å². The number of hydrogen-bond donors (Lipinski definition) is 2. The van der Waals surface area contributed by atoms with E-state index in [0.717, 1.165) is 43.9 Å². The van der Waals surface area contributed by atoms with Crippen molar-refractivity contribution in [2.75, 3.05) is 50.6 Å². The molecule has 0 aliphatic carbocycles. The number of amides is 1. The van der Waals surface area contributed by atoms with Crippen LogP contribution in [0.25, 0.3) is 5.65 Å². The molecule has 2 fully saturated rings. The molecular weight excluding hydrogens is 460 g/mol. The summed E-state index contributed by atoms with van der Waals surface area (Å²) in [6.07, 6.45) is 7.14. The number of imidazole rings is 1. The normalized spacial score (nSPS) is 21.2. The van der Waals surface area contributed by atoms with Crippen LogP contribution in [0.15, 0.2) is 25.0 Å². The van der Waals surface area contributed by atoms with Crippen molar-refractivity contribution in [1.82, 2.24) is 39.6 Å². The fourth-order valence-electron chi connectivity index (χ4n) is 4.94. The van der Waals surface area contributed by atoms with E-state index in [0.29, 0.717) is 35.9 Å². The SMILES string of the molecule is C=CC(=O)NC1CN(c2nc(Nc3cn(C4CCN(C)CC4)nc3OC)c3ncc(C)n3n2)CC1C. The van der Waals surface area contributed by atoms with Gasteiger partial charge in [-0.05, 0) is 51.9 Å². The smallest absolute Gasteiger partial charge is 0.256 e. The number of likely N-dealkylation sites (tertiary alicyclic amines) is 1. The summed E-state index contributed by atoms with van der Waals surface area (Å²) in [4.78, 5) is 25.7. The fraction of sp³-hybridized carbons (Fsp3) is 0.542. The van der Waals surface area contributed by atoms with Crippen LogP contribution in [0.5, 0.6) is 5.88 Å². The molecule has 2 atom stereocenters. The third-order valence-electron chi connectivity index (χ3n) is 7.14. The van der Waals surface area contributed by atoms with Gasteiger partial charge < -0.3 is 25.2 Å². The highest BCUT2D eigenvalue weighted by Gasteiger charge is 2.33. The molecule has 2 N–H and O–H groups in total. The van der Waals surface area contributed by atoms with E-state index < -0.39 is 0 Å². The lowest BCUT2D eigenvalue weighted by molar-refractivity contribution is -0.117. The van der Waals surface area contributed by atoms with Crippen molar-refractivity contribution in [3.05, 3.63) is 30.7 Å². The van der Waals surface area contributed by atoms with Crippen LogP contribution in [0.1, 0.15) is 31.5 Å². The number of aryl methyl sites for hydroxylation is 1. The summed E-state index contributed by atoms with van der Waals surface area (Å²) >= 11 is 0. The number of piperidine rings is 1. The van der Waals surface area contributed by atoms with Gasteiger partial charge in [-0.3, -0.25) is 9.48 Å². The van der Waals surface area contributed by atoms with Gasteiger partial charge in [0.05, 0.1) is 37.3 Å². The molecule has 36 heavy (non-hydrogen) atoms. The zero-order chi connectivity index (χ0) is 25.4. The van der Waals surface area contributed by atoms with Gasteiger partial charge in [-0.2, -0.15) is 4.98 Å². The molecule has 0 radical (unpaired) electrons. The van der Waals surface area contributed by atoms with Crippen molar-refractivity contribution in [1.29, 1.82) is 0 Å². The van der Waals surface area contributed by atoms with Gasteiger partial charge in [0.25, 0.3) is 5.88 Å². The molecule has 5 rings (SSSR count). The molecule has 3 aromatic rings. The largest absolute Gasteiger partial charge is 0.478 e. The summed E-state index contributed by atoms with van der Waals surface area (Å²) in [6.45, 7) is 11.0. The molecule has 0 bridgehead atoms. The number of carbonyl (C=O) groups is 1. The second kappa shape index (κ2) is 9.76. The first-order chi connectivity index (χ1) is 17.4. The minimum atomic E-state index is -0.174. The maximum atomic E-state index is 11.9. The van der Waals surface area contributed by atoms with E-state index in [1.807, 2.05) is 17.8 Å². The number of fused-ring (bicyclic) bond motifs is 1. The third-order valence-corrected chi connectivity index (χ3v) is 7.14. The van der Waals surface area contributed by atoms with Crippen LogP contribution in [0.3, 0.4) is 0 Å². The molecule has 0 aromatic carbocycles. The molecule has 2 aliphatic heterocycles. The monoisotopic (exact) mass is 494 g/mol. The summed E-state index contributed by atoms with van der Waals surface area (Å²) in [5.74, 6) is 1.71. The van der Waals surface area contributed by atoms with Crippen LogP contribution in [-0.4, -0.2) is 86.5 Å². The van der Waals surface area contributed by atoms with Crippen LogP contribution in [0, 0.1) is 12.8 Å². The van der Waals surface area contributed by atoms with E-state index in [9.17, 15) is 4.79 Å². The van der Waals surface area contributed by atoms with Gasteiger partial charge in [-0.25, -0.2) is 9.50 Å². The number of ether oxygens (including phenoxy) is 1. The second-order valence-corrected chi connectivity index (χ2v) is 9.79. The van der Waals surface area contributed by atoms with Crippen LogP contribution in [0.4, 0.5) is 17.5 Å². The lowest BCUT2D eigenvalue weighted by atomic mass is 10.1. The Hall–Kier alpha value is -3.67. The summed E-state index contributed by atoms with van der Waals surface area (Å²) in [7, 11) is 3.77. The van der Waals surface area contributed by atoms with Crippen molar-refractivity contribution < 1.29 is 9.53 Å². The average molecular weight is 495 g/mol. The second-order valence-electron chi connectivity index (χ2n) is 9.79. The molecule has 0 spiro atoms. The molecule has 2 aliphatic rings. The van der Waals surface area contributed by atoms with E-state index in [2.05, 4.69) is 46.0 Å². The standard InChI is InChI=1S/C24H34N10O2/c1-6-20(35)26-18-13-32(12-15(18)2)24-28-21(22-25-11-16(3)34(22)30-24)27-19-14-33(29-23(19)36-5)17-7-9-31(4)10-8-17/h6,11,14-15,17-18H,1,7-10,12-13H2,2-5H3,(H,26,35)(H,27,28,30). The molecule has 12 nitrogen and oxygen atoms in total. The van der Waals surface area contributed by atoms with Crippen LogP contribution >= 0.6 is 0 Å². The molecule has 192 valence electrons. The third kappa shape index (κ3) is 4.60. The molecule has 3 aromatic heterocycles. The zero-order valence-corrected chi connectivity index (χ0v) is 21.3. The molecule has 12 heteroatoms. The molecule has 5 heterocycles. The van der Waals surface area contributed by atoms with Crippen LogP contribution < -0.4 is 20.3 Å². The summed E-state index contributed by atoms with van der Waals surface area (Å²) in [5.41, 5.74) is 2.25. The molecule has 1 amide bonds. The first-order valence-electron chi connectivity index (χ1n) is 12.3. The molecule has 2 unspecified atom stereocenters. The Morgan fingerprint density at radius 3 is 2.75 bits per heavy atom. The first-order valence-corrected chi connectivity index (χ1v) is 12.3. The highest BCUT2D eigenvalue weighted by atomic mass is 16.5. The average Bonchev–Trinajstić information content (AvgIpc) is 3.57. The maximum absolute atomic E-state index is 11.9. The molecule has 2 saturated heterocycles. The van der Waals surface area contributed by atoms with Crippen molar-refractivity contribution in [3.8, 4) is 5.88 Å². The highest BCUT2D eigenvalue weighted by molar-refractivity contribution is 5.87. The van der Waals surface area contributed by atoms with Gasteiger partial charge in [-0.15, -0.1) is 10.2 Å². The number of anilines is 3. The van der Waals surface area contributed by atoms with Crippen molar-refractivity contribution in [2.24, 2.45) is 5.92 Å². The topological polar surface area (TPSA) is 118 Å². The minimum absolute atomic E-state index is 0.0112. The van der Waals surface area contributed by atoms with Gasteiger partial charge in [-0.1, -0.05) is 13.5 Å². The zero-order valence-electron chi connectivity index (χ0n) is 21.3. The van der Waals surface area contributed by atoms with E-state index in [4.69, 9.17) is 19.9 Å². The fourth-order valence-corrected chi connectivity index (χ4v) is 4.94. The Morgan fingerprint density at radius 2 is 2.03 bits per heavy atom. The van der Waals surface area contributed by atoms with Gasteiger partial charge >= 0.3 is 0 Å². The predicted molar refractivity (Wildman–Crippen MR) is 137 cm³/mol. The lowest BCUT2D eigenvalue weighted by Crippen LogP contribution is -2.39. The van der Waals surface area contributed by atoms with Gasteiger partial charge in [0.1, 0.15) is 5.69 Å². The van der Waals surface area contributed by atoms with Crippen LogP contribution in [0.2, 0.25) is 0 Å². The molecule has 0 saturated carbocycles. The number of hydrogen-bond acceptors (Lipinski definition) is 9. The Balaban J connectivity index is 1.44. The highest BCUT2D eigenvalue weighted by Crippen LogP contribution is 2.32. The minimum Gasteiger partial charge on any atom is -0.478 e. The number of nitrogens with zero attached hydrogens (tertiary/aromatic N) is 8. The number of rotatable bonds is 7. The van der Waals surface area contributed by atoms with Crippen LogP contribution in [-0.2, 0) is 4.79 Å². The van der Waals surface area contributed by atoms with Crippen molar-refractivity contribution >= 4 is 29.0 Å². The maximum Gasteiger partial charge on any atom is 0.256 e. The number of nitrogens with one attached hydrogen (secondary N) is 2. The van der Waals surface area contributed by atoms with Crippen molar-refractivity contribution in [3.63, 3.8) is 0 Å². The van der Waals surface area contributed by atoms with Gasteiger partial charge in [0, 0.05) is 13.1 Å². The number of aromatic nitrogens is 6. The van der Waals surface area contributed by atoms with E-state index in [1.165, 1.54) is 6.08 Å². The van der Waals surface area contributed by atoms with E-state index in [1.54, 1.807) is 17.8 Å². The van der Waals surface area contributed by atoms with E-state index >= 15 is 0 Å². The van der Waals surface area contributed by atoms with Gasteiger partial charge in [0.15, 0.2) is 11.5 Å². The van der Waals surface area contributed by atoms with Gasteiger partial charge in [0.2, 0.25) is 11.9 Å². The molecular formula is C24H34N10O2. The van der Waals surface area contributed by atoms with E-state index in [-0.39, 0.29) is 17.9 Å². The number of methoxy groups -OCH3 is 1. The Bertz CT molecular complexity index is 1260. The Kier molecular flexibility index (Phi) is 6.52.